The molecule has 0 saturated carbocycles. The number of hydrogen-bond donors (Lipinski definition) is 1. The third-order valence-electron chi connectivity index (χ3n) is 3.04. The minimum atomic E-state index is -0.370. The van der Waals surface area contributed by atoms with Gasteiger partial charge in [0.1, 0.15) is 11.4 Å². The smallest absolute Gasteiger partial charge is 0.322 e. The molecule has 0 radical (unpaired) electrons. The van der Waals surface area contributed by atoms with Gasteiger partial charge in [-0.25, -0.2) is 0 Å². The Bertz CT molecular complexity index is 791. The van der Waals surface area contributed by atoms with Gasteiger partial charge >= 0.3 is 6.01 Å². The number of aryl methyl sites for hydroxylation is 1. The fourth-order valence-electron chi connectivity index (χ4n) is 1.88. The van der Waals surface area contributed by atoms with Gasteiger partial charge in [-0.3, -0.25) is 14.8 Å². The van der Waals surface area contributed by atoms with Gasteiger partial charge in [0.2, 0.25) is 5.89 Å². The average molecular weight is 299 g/mol. The van der Waals surface area contributed by atoms with E-state index in [1.54, 1.807) is 44.5 Å². The Kier molecular flexibility index (Phi) is 3.57. The maximum Gasteiger partial charge on any atom is 0.322 e. The summed E-state index contributed by atoms with van der Waals surface area (Å²) in [7, 11) is 3.26. The number of rotatable bonds is 4. The number of carbonyl (C=O) groups is 1. The summed E-state index contributed by atoms with van der Waals surface area (Å²) < 4.78 is 12.0. The second kappa shape index (κ2) is 5.68. The Labute approximate surface area is 125 Å². The first-order valence-corrected chi connectivity index (χ1v) is 6.44. The second-order valence-corrected chi connectivity index (χ2v) is 4.44. The van der Waals surface area contributed by atoms with Crippen molar-refractivity contribution in [2.24, 2.45) is 7.05 Å². The van der Waals surface area contributed by atoms with E-state index >= 15 is 0 Å². The summed E-state index contributed by atoms with van der Waals surface area (Å²) in [4.78, 5) is 12.0. The van der Waals surface area contributed by atoms with Gasteiger partial charge in [0.25, 0.3) is 5.91 Å². The minimum absolute atomic E-state index is 0.0250. The molecule has 0 atom stereocenters. The highest BCUT2D eigenvalue weighted by Gasteiger charge is 2.15. The van der Waals surface area contributed by atoms with Crippen LogP contribution in [0.1, 0.15) is 10.5 Å². The summed E-state index contributed by atoms with van der Waals surface area (Å²) in [6.45, 7) is 0. The van der Waals surface area contributed by atoms with Gasteiger partial charge in [-0.2, -0.15) is 5.10 Å². The molecule has 8 nitrogen and oxygen atoms in total. The minimum Gasteiger partial charge on any atom is -0.497 e. The number of methoxy groups -OCH3 is 1. The van der Waals surface area contributed by atoms with Crippen LogP contribution in [0, 0.1) is 0 Å². The molecular formula is C14H13N5O3. The second-order valence-electron chi connectivity index (χ2n) is 4.44. The standard InChI is InChI=1S/C14H13N5O3/c1-19-11(7-8-15-19)12(20)16-14-18-17-13(22-14)9-3-5-10(21-2)6-4-9/h3-8H,1-2H3,(H,16,18,20). The van der Waals surface area contributed by atoms with E-state index in [1.807, 2.05) is 0 Å². The zero-order chi connectivity index (χ0) is 15.5. The van der Waals surface area contributed by atoms with Crippen LogP contribution in [0.3, 0.4) is 0 Å². The van der Waals surface area contributed by atoms with Crippen molar-refractivity contribution in [3.8, 4) is 17.2 Å². The number of anilines is 1. The summed E-state index contributed by atoms with van der Waals surface area (Å²) in [6.07, 6.45) is 1.53. The zero-order valence-electron chi connectivity index (χ0n) is 12.0. The predicted molar refractivity (Wildman–Crippen MR) is 77.4 cm³/mol. The van der Waals surface area contributed by atoms with Crippen LogP contribution in [0.4, 0.5) is 6.01 Å². The number of nitrogens with one attached hydrogen (secondary N) is 1. The van der Waals surface area contributed by atoms with Crippen LogP contribution >= 0.6 is 0 Å². The third kappa shape index (κ3) is 2.66. The highest BCUT2D eigenvalue weighted by atomic mass is 16.5. The van der Waals surface area contributed by atoms with Crippen molar-refractivity contribution in [3.05, 3.63) is 42.2 Å². The number of amides is 1. The molecule has 2 aromatic heterocycles. The molecule has 1 amide bonds. The van der Waals surface area contributed by atoms with E-state index in [-0.39, 0.29) is 11.9 Å². The van der Waals surface area contributed by atoms with Crippen LogP contribution in [-0.2, 0) is 7.05 Å². The SMILES string of the molecule is COc1ccc(-c2nnc(NC(=O)c3ccnn3C)o2)cc1. The van der Waals surface area contributed by atoms with Crippen LogP contribution in [0.2, 0.25) is 0 Å². The Morgan fingerprint density at radius 2 is 2.00 bits per heavy atom. The molecule has 0 bridgehead atoms. The van der Waals surface area contributed by atoms with Crippen molar-refractivity contribution in [3.63, 3.8) is 0 Å². The fraction of sp³-hybridized carbons (Fsp3) is 0.143. The van der Waals surface area contributed by atoms with Crippen LogP contribution in [0.5, 0.6) is 5.75 Å². The Balaban J connectivity index is 1.76. The molecule has 22 heavy (non-hydrogen) atoms. The van der Waals surface area contributed by atoms with Crippen LogP contribution in [0.25, 0.3) is 11.5 Å². The first-order chi connectivity index (χ1) is 10.7. The largest absolute Gasteiger partial charge is 0.497 e. The zero-order valence-corrected chi connectivity index (χ0v) is 12.0. The monoisotopic (exact) mass is 299 g/mol. The van der Waals surface area contributed by atoms with Crippen molar-refractivity contribution in [1.82, 2.24) is 20.0 Å². The molecule has 3 aromatic rings. The molecule has 112 valence electrons. The Morgan fingerprint density at radius 3 is 2.64 bits per heavy atom. The van der Waals surface area contributed by atoms with Gasteiger partial charge in [0.15, 0.2) is 0 Å². The lowest BCUT2D eigenvalue weighted by molar-refractivity contribution is 0.101. The lowest BCUT2D eigenvalue weighted by Gasteiger charge is -2.00. The molecule has 0 saturated heterocycles. The summed E-state index contributed by atoms with van der Waals surface area (Å²) in [6, 6.07) is 8.77. The molecule has 0 aliphatic carbocycles. The maximum atomic E-state index is 12.0. The highest BCUT2D eigenvalue weighted by Crippen LogP contribution is 2.22. The van der Waals surface area contributed by atoms with Gasteiger partial charge in [-0.15, -0.1) is 5.10 Å². The van der Waals surface area contributed by atoms with Crippen molar-refractivity contribution >= 4 is 11.9 Å². The predicted octanol–water partition coefficient (Wildman–Crippen LogP) is 1.73. The summed E-state index contributed by atoms with van der Waals surface area (Å²) >= 11 is 0. The van der Waals surface area contributed by atoms with Gasteiger partial charge < -0.3 is 9.15 Å². The van der Waals surface area contributed by atoms with Gasteiger partial charge in [0, 0.05) is 18.8 Å². The summed E-state index contributed by atoms with van der Waals surface area (Å²) in [5.74, 6) is 0.667. The lowest BCUT2D eigenvalue weighted by Crippen LogP contribution is -2.16. The van der Waals surface area contributed by atoms with E-state index in [1.165, 1.54) is 10.9 Å². The maximum absolute atomic E-state index is 12.0. The normalized spacial score (nSPS) is 10.5. The number of hydrogen-bond acceptors (Lipinski definition) is 6. The lowest BCUT2D eigenvalue weighted by atomic mass is 10.2. The Morgan fingerprint density at radius 1 is 1.23 bits per heavy atom. The fourth-order valence-corrected chi connectivity index (χ4v) is 1.88. The van der Waals surface area contributed by atoms with Crippen LogP contribution in [0.15, 0.2) is 40.9 Å². The number of nitrogens with zero attached hydrogens (tertiary/aromatic N) is 4. The molecular weight excluding hydrogens is 286 g/mol. The summed E-state index contributed by atoms with van der Waals surface area (Å²) in [5, 5.41) is 14.2. The first kappa shape index (κ1) is 13.8. The van der Waals surface area contributed by atoms with E-state index in [0.29, 0.717) is 11.6 Å². The molecule has 3 rings (SSSR count). The quantitative estimate of drug-likeness (QED) is 0.788. The van der Waals surface area contributed by atoms with Gasteiger partial charge in [0.05, 0.1) is 7.11 Å². The van der Waals surface area contributed by atoms with E-state index in [4.69, 9.17) is 9.15 Å². The number of carbonyl (C=O) groups excluding carboxylic acids is 1. The molecule has 0 aliphatic rings. The van der Waals surface area contributed by atoms with Crippen LogP contribution < -0.4 is 10.1 Å². The number of aromatic nitrogens is 4. The van der Waals surface area contributed by atoms with Gasteiger partial charge in [-0.05, 0) is 30.3 Å². The van der Waals surface area contributed by atoms with Gasteiger partial charge in [-0.1, -0.05) is 5.10 Å². The van der Waals surface area contributed by atoms with Crippen molar-refractivity contribution < 1.29 is 13.9 Å². The third-order valence-corrected chi connectivity index (χ3v) is 3.04. The molecule has 0 aliphatic heterocycles. The molecule has 1 N–H and O–H groups in total. The van der Waals surface area contributed by atoms with E-state index in [9.17, 15) is 4.79 Å². The highest BCUT2D eigenvalue weighted by molar-refractivity contribution is 6.01. The molecule has 8 heteroatoms. The van der Waals surface area contributed by atoms with Crippen molar-refractivity contribution in [2.45, 2.75) is 0 Å². The first-order valence-electron chi connectivity index (χ1n) is 6.44. The average Bonchev–Trinajstić information content (AvgIpc) is 3.16. The van der Waals surface area contributed by atoms with E-state index in [0.717, 1.165) is 11.3 Å². The number of benzene rings is 1. The molecule has 1 aromatic carbocycles. The molecule has 0 fully saturated rings. The van der Waals surface area contributed by atoms with E-state index in [2.05, 4.69) is 20.6 Å². The van der Waals surface area contributed by atoms with Crippen LogP contribution in [-0.4, -0.2) is 33.0 Å². The molecule has 2 heterocycles. The number of ether oxygens (including phenoxy) is 1. The molecule has 0 spiro atoms. The Hall–Kier alpha value is -3.16. The van der Waals surface area contributed by atoms with Crippen molar-refractivity contribution in [1.29, 1.82) is 0 Å². The summed E-state index contributed by atoms with van der Waals surface area (Å²) in [5.41, 5.74) is 1.12. The molecule has 0 unspecified atom stereocenters. The topological polar surface area (TPSA) is 95.1 Å². The van der Waals surface area contributed by atoms with E-state index < -0.39 is 0 Å². The van der Waals surface area contributed by atoms with Crippen molar-refractivity contribution in [2.75, 3.05) is 12.4 Å².